The Morgan fingerprint density at radius 1 is 1.10 bits per heavy atom. The van der Waals surface area contributed by atoms with Crippen LogP contribution in [-0.2, 0) is 23.9 Å². The zero-order valence-corrected chi connectivity index (χ0v) is 13.7. The van der Waals surface area contributed by atoms with Gasteiger partial charge in [0.2, 0.25) is 0 Å². The van der Waals surface area contributed by atoms with E-state index in [1.165, 1.54) is 6.92 Å². The second-order valence-corrected chi connectivity index (χ2v) is 5.15. The van der Waals surface area contributed by atoms with Crippen molar-refractivity contribution in [2.24, 2.45) is 5.92 Å². The summed E-state index contributed by atoms with van der Waals surface area (Å²) in [5.41, 5.74) is 0.451. The molecule has 1 unspecified atom stereocenters. The summed E-state index contributed by atoms with van der Waals surface area (Å²) in [6, 6.07) is 0. The van der Waals surface area contributed by atoms with Crippen LogP contribution >= 0.6 is 11.8 Å². The van der Waals surface area contributed by atoms with E-state index in [4.69, 9.17) is 4.74 Å². The van der Waals surface area contributed by atoms with Crippen LogP contribution in [0.3, 0.4) is 0 Å². The van der Waals surface area contributed by atoms with Crippen LogP contribution < -0.4 is 0 Å². The first-order valence-corrected chi connectivity index (χ1v) is 7.37. The maximum Gasteiger partial charge on any atom is 0.333 e. The topological polar surface area (TPSA) is 69.7 Å². The van der Waals surface area contributed by atoms with Gasteiger partial charge < -0.3 is 9.47 Å². The maximum absolute atomic E-state index is 11.0. The quantitative estimate of drug-likeness (QED) is 0.555. The Labute approximate surface area is 125 Å². The lowest BCUT2D eigenvalue weighted by atomic mass is 10.2. The fourth-order valence-corrected chi connectivity index (χ4v) is 1.47. The Morgan fingerprint density at radius 2 is 1.60 bits per heavy atom. The molecule has 20 heavy (non-hydrogen) atoms. The molecule has 0 amide bonds. The summed E-state index contributed by atoms with van der Waals surface area (Å²) in [4.78, 5) is 32.0. The number of hydrogen-bond donors (Lipinski definition) is 0. The zero-order valence-electron chi connectivity index (χ0n) is 12.9. The van der Waals surface area contributed by atoms with E-state index in [-0.39, 0.29) is 23.0 Å². The van der Waals surface area contributed by atoms with Gasteiger partial charge in [-0.15, -0.1) is 0 Å². The molecule has 6 heteroatoms. The van der Waals surface area contributed by atoms with Crippen LogP contribution in [0.25, 0.3) is 0 Å². The largest absolute Gasteiger partial charge is 0.466 e. The molecule has 0 fully saturated rings. The van der Waals surface area contributed by atoms with Gasteiger partial charge in [0.25, 0.3) is 0 Å². The highest BCUT2D eigenvalue weighted by Gasteiger charge is 2.14. The van der Waals surface area contributed by atoms with Crippen LogP contribution in [0, 0.1) is 5.92 Å². The molecule has 0 aromatic carbocycles. The Bertz CT molecular complexity index is 338. The Kier molecular flexibility index (Phi) is 13.4. The summed E-state index contributed by atoms with van der Waals surface area (Å²) in [7, 11) is 0. The molecule has 1 atom stereocenters. The fourth-order valence-electron chi connectivity index (χ4n) is 0.849. The molecule has 0 saturated heterocycles. The minimum Gasteiger partial charge on any atom is -0.466 e. The van der Waals surface area contributed by atoms with Gasteiger partial charge in [-0.25, -0.2) is 4.79 Å². The third kappa shape index (κ3) is 13.1. The molecule has 0 spiro atoms. The SMILES string of the molecule is C=C(C)C(=O)OCC.CCOC(=O)C(C)CSC(C)=O. The van der Waals surface area contributed by atoms with Crippen molar-refractivity contribution in [2.75, 3.05) is 19.0 Å². The molecular formula is C14H24O5S. The van der Waals surface area contributed by atoms with Gasteiger partial charge in [-0.05, 0) is 20.8 Å². The molecule has 0 aliphatic rings. The number of hydrogen-bond acceptors (Lipinski definition) is 6. The number of carbonyl (C=O) groups excluding carboxylic acids is 3. The first kappa shape index (κ1) is 21.0. The number of esters is 2. The molecule has 0 aromatic heterocycles. The molecule has 0 aliphatic heterocycles. The highest BCUT2D eigenvalue weighted by atomic mass is 32.2. The summed E-state index contributed by atoms with van der Waals surface area (Å²) >= 11 is 1.15. The lowest BCUT2D eigenvalue weighted by Gasteiger charge is -2.07. The van der Waals surface area contributed by atoms with Gasteiger partial charge in [0.15, 0.2) is 5.12 Å². The van der Waals surface area contributed by atoms with Gasteiger partial charge in [0, 0.05) is 18.2 Å². The van der Waals surface area contributed by atoms with Gasteiger partial charge in [-0.3, -0.25) is 9.59 Å². The zero-order chi connectivity index (χ0) is 16.1. The summed E-state index contributed by atoms with van der Waals surface area (Å²) < 4.78 is 9.34. The summed E-state index contributed by atoms with van der Waals surface area (Å²) in [6.45, 7) is 12.6. The molecule has 0 saturated carbocycles. The van der Waals surface area contributed by atoms with Gasteiger partial charge in [0.05, 0.1) is 19.1 Å². The molecule has 0 N–H and O–H groups in total. The van der Waals surface area contributed by atoms with Crippen LogP contribution in [0.2, 0.25) is 0 Å². The molecular weight excluding hydrogens is 280 g/mol. The average Bonchev–Trinajstić information content (AvgIpc) is 2.37. The molecule has 0 aliphatic carbocycles. The van der Waals surface area contributed by atoms with Crippen molar-refractivity contribution < 1.29 is 23.9 Å². The number of ether oxygens (including phenoxy) is 2. The lowest BCUT2D eigenvalue weighted by molar-refractivity contribution is -0.146. The normalized spacial score (nSPS) is 10.7. The minimum absolute atomic E-state index is 0.0335. The second kappa shape index (κ2) is 12.7. The van der Waals surface area contributed by atoms with Crippen molar-refractivity contribution in [1.82, 2.24) is 0 Å². The first-order chi connectivity index (χ1) is 9.26. The van der Waals surface area contributed by atoms with E-state index >= 15 is 0 Å². The molecule has 0 bridgehead atoms. The van der Waals surface area contributed by atoms with Gasteiger partial charge in [-0.1, -0.05) is 25.3 Å². The molecule has 0 heterocycles. The van der Waals surface area contributed by atoms with Crippen molar-refractivity contribution in [1.29, 1.82) is 0 Å². The third-order valence-corrected chi connectivity index (χ3v) is 2.92. The van der Waals surface area contributed by atoms with E-state index in [0.717, 1.165) is 11.8 Å². The van der Waals surface area contributed by atoms with Crippen LogP contribution in [0.15, 0.2) is 12.2 Å². The Morgan fingerprint density at radius 3 is 1.90 bits per heavy atom. The van der Waals surface area contributed by atoms with E-state index in [9.17, 15) is 14.4 Å². The Balaban J connectivity index is 0. The van der Waals surface area contributed by atoms with Crippen molar-refractivity contribution in [2.45, 2.75) is 34.6 Å². The highest BCUT2D eigenvalue weighted by Crippen LogP contribution is 2.10. The van der Waals surface area contributed by atoms with Crippen molar-refractivity contribution in [3.05, 3.63) is 12.2 Å². The Hall–Kier alpha value is -1.30. The van der Waals surface area contributed by atoms with Crippen LogP contribution in [0.5, 0.6) is 0 Å². The maximum atomic E-state index is 11.0. The number of thioether (sulfide) groups is 1. The van der Waals surface area contributed by atoms with E-state index in [1.807, 2.05) is 0 Å². The molecule has 0 radical (unpaired) electrons. The standard InChI is InChI=1S/C8H14O3S.C6H10O2/c1-4-11-8(10)6(2)5-12-7(3)9;1-4-8-6(7)5(2)3/h6H,4-5H2,1-3H3;2,4H2,1,3H3. The van der Waals surface area contributed by atoms with Gasteiger partial charge in [-0.2, -0.15) is 0 Å². The molecule has 0 rings (SSSR count). The fraction of sp³-hybridized carbons (Fsp3) is 0.643. The van der Waals surface area contributed by atoms with E-state index < -0.39 is 0 Å². The average molecular weight is 304 g/mol. The molecule has 116 valence electrons. The smallest absolute Gasteiger partial charge is 0.333 e. The van der Waals surface area contributed by atoms with Crippen molar-refractivity contribution in [3.63, 3.8) is 0 Å². The van der Waals surface area contributed by atoms with Gasteiger partial charge in [0.1, 0.15) is 0 Å². The lowest BCUT2D eigenvalue weighted by Crippen LogP contribution is -2.17. The van der Waals surface area contributed by atoms with Crippen LogP contribution in [0.4, 0.5) is 0 Å². The number of carbonyl (C=O) groups is 3. The van der Waals surface area contributed by atoms with Gasteiger partial charge >= 0.3 is 11.9 Å². The predicted molar refractivity (Wildman–Crippen MR) is 80.4 cm³/mol. The first-order valence-electron chi connectivity index (χ1n) is 6.38. The minimum atomic E-state index is -0.312. The summed E-state index contributed by atoms with van der Waals surface area (Å²) in [5.74, 6) is -0.230. The molecule has 5 nitrogen and oxygen atoms in total. The van der Waals surface area contributed by atoms with E-state index in [1.54, 1.807) is 27.7 Å². The predicted octanol–water partition coefficient (Wildman–Crippen LogP) is 2.59. The molecule has 0 aromatic rings. The van der Waals surface area contributed by atoms with Crippen molar-refractivity contribution >= 4 is 28.8 Å². The monoisotopic (exact) mass is 304 g/mol. The van der Waals surface area contributed by atoms with Crippen LogP contribution in [-0.4, -0.2) is 36.0 Å². The highest BCUT2D eigenvalue weighted by molar-refractivity contribution is 8.13. The van der Waals surface area contributed by atoms with E-state index in [2.05, 4.69) is 11.3 Å². The third-order valence-electron chi connectivity index (χ3n) is 1.85. The second-order valence-electron chi connectivity index (χ2n) is 3.96. The van der Waals surface area contributed by atoms with Crippen molar-refractivity contribution in [3.8, 4) is 0 Å². The van der Waals surface area contributed by atoms with Crippen LogP contribution in [0.1, 0.15) is 34.6 Å². The summed E-state index contributed by atoms with van der Waals surface area (Å²) in [6.07, 6.45) is 0. The number of rotatable bonds is 6. The summed E-state index contributed by atoms with van der Waals surface area (Å²) in [5, 5.41) is 0.0335. The van der Waals surface area contributed by atoms with E-state index in [0.29, 0.717) is 24.5 Å².